The SMILES string of the molecule is C[C@@H]1CN(c2cc(CN)ccn2)C[C@H](C)O1. The van der Waals surface area contributed by atoms with Gasteiger partial charge in [0.2, 0.25) is 0 Å². The Balaban J connectivity index is 2.16. The van der Waals surface area contributed by atoms with Crippen molar-refractivity contribution in [2.75, 3.05) is 18.0 Å². The summed E-state index contributed by atoms with van der Waals surface area (Å²) in [5, 5.41) is 0. The zero-order valence-corrected chi connectivity index (χ0v) is 9.89. The molecule has 1 fully saturated rings. The van der Waals surface area contributed by atoms with Gasteiger partial charge in [-0.25, -0.2) is 4.98 Å². The zero-order chi connectivity index (χ0) is 11.5. The van der Waals surface area contributed by atoms with E-state index in [-0.39, 0.29) is 12.2 Å². The minimum absolute atomic E-state index is 0.257. The Morgan fingerprint density at radius 3 is 2.75 bits per heavy atom. The van der Waals surface area contributed by atoms with Crippen LogP contribution in [0.3, 0.4) is 0 Å². The monoisotopic (exact) mass is 221 g/mol. The van der Waals surface area contributed by atoms with Gasteiger partial charge in [-0.3, -0.25) is 0 Å². The standard InChI is InChI=1S/C12H19N3O/c1-9-7-15(8-10(2)16-9)12-5-11(6-13)3-4-14-12/h3-5,9-10H,6-8,13H2,1-2H3/t9-,10+. The van der Waals surface area contributed by atoms with Gasteiger partial charge in [0.15, 0.2) is 0 Å². The van der Waals surface area contributed by atoms with E-state index in [4.69, 9.17) is 10.5 Å². The van der Waals surface area contributed by atoms with Crippen LogP contribution in [0.2, 0.25) is 0 Å². The Labute approximate surface area is 96.4 Å². The lowest BCUT2D eigenvalue weighted by atomic mass is 10.2. The van der Waals surface area contributed by atoms with Gasteiger partial charge in [-0.1, -0.05) is 0 Å². The molecule has 0 radical (unpaired) electrons. The van der Waals surface area contributed by atoms with E-state index in [0.717, 1.165) is 24.5 Å². The van der Waals surface area contributed by atoms with Gasteiger partial charge in [0.25, 0.3) is 0 Å². The maximum absolute atomic E-state index is 5.70. The van der Waals surface area contributed by atoms with Crippen LogP contribution in [0.1, 0.15) is 19.4 Å². The summed E-state index contributed by atoms with van der Waals surface area (Å²) in [7, 11) is 0. The number of nitrogens with zero attached hydrogens (tertiary/aromatic N) is 2. The number of aromatic nitrogens is 1. The molecule has 16 heavy (non-hydrogen) atoms. The summed E-state index contributed by atoms with van der Waals surface area (Å²) < 4.78 is 5.70. The van der Waals surface area contributed by atoms with E-state index in [2.05, 4.69) is 29.8 Å². The highest BCUT2D eigenvalue weighted by atomic mass is 16.5. The highest BCUT2D eigenvalue weighted by Crippen LogP contribution is 2.18. The molecule has 0 amide bonds. The van der Waals surface area contributed by atoms with Crippen molar-refractivity contribution in [3.8, 4) is 0 Å². The third-order valence-corrected chi connectivity index (χ3v) is 2.79. The van der Waals surface area contributed by atoms with E-state index in [1.807, 2.05) is 12.3 Å². The van der Waals surface area contributed by atoms with E-state index in [1.165, 1.54) is 0 Å². The number of hydrogen-bond donors (Lipinski definition) is 1. The van der Waals surface area contributed by atoms with Crippen LogP contribution in [0.15, 0.2) is 18.3 Å². The van der Waals surface area contributed by atoms with Gasteiger partial charge >= 0.3 is 0 Å². The fourth-order valence-electron chi connectivity index (χ4n) is 2.13. The van der Waals surface area contributed by atoms with Gasteiger partial charge in [0.1, 0.15) is 5.82 Å². The summed E-state index contributed by atoms with van der Waals surface area (Å²) in [5.41, 5.74) is 6.75. The first-order chi connectivity index (χ1) is 7.69. The van der Waals surface area contributed by atoms with Crippen LogP contribution in [0.4, 0.5) is 5.82 Å². The van der Waals surface area contributed by atoms with Gasteiger partial charge in [-0.15, -0.1) is 0 Å². The Kier molecular flexibility index (Phi) is 3.41. The molecule has 1 aromatic heterocycles. The van der Waals surface area contributed by atoms with Crippen molar-refractivity contribution in [2.24, 2.45) is 5.73 Å². The van der Waals surface area contributed by atoms with Crippen LogP contribution in [0.5, 0.6) is 0 Å². The second kappa shape index (κ2) is 4.80. The Morgan fingerprint density at radius 1 is 1.44 bits per heavy atom. The molecule has 2 atom stereocenters. The van der Waals surface area contributed by atoms with E-state index in [0.29, 0.717) is 6.54 Å². The molecule has 88 valence electrons. The fraction of sp³-hybridized carbons (Fsp3) is 0.583. The van der Waals surface area contributed by atoms with E-state index in [1.54, 1.807) is 0 Å². The van der Waals surface area contributed by atoms with Gasteiger partial charge in [-0.05, 0) is 31.5 Å². The second-order valence-corrected chi connectivity index (χ2v) is 4.39. The van der Waals surface area contributed by atoms with Crippen LogP contribution < -0.4 is 10.6 Å². The van der Waals surface area contributed by atoms with Crippen molar-refractivity contribution < 1.29 is 4.74 Å². The van der Waals surface area contributed by atoms with Gasteiger partial charge in [0, 0.05) is 25.8 Å². The van der Waals surface area contributed by atoms with Crippen molar-refractivity contribution in [2.45, 2.75) is 32.6 Å². The largest absolute Gasteiger partial charge is 0.372 e. The minimum atomic E-state index is 0.257. The lowest BCUT2D eigenvalue weighted by Crippen LogP contribution is -2.45. The molecule has 2 heterocycles. The lowest BCUT2D eigenvalue weighted by molar-refractivity contribution is -0.00546. The molecule has 2 rings (SSSR count). The van der Waals surface area contributed by atoms with E-state index < -0.39 is 0 Å². The van der Waals surface area contributed by atoms with Crippen molar-refractivity contribution in [3.63, 3.8) is 0 Å². The summed E-state index contributed by atoms with van der Waals surface area (Å²) in [5.74, 6) is 1.00. The summed E-state index contributed by atoms with van der Waals surface area (Å²) >= 11 is 0. The number of ether oxygens (including phenoxy) is 1. The first kappa shape index (κ1) is 11.4. The Hall–Kier alpha value is -1.13. The van der Waals surface area contributed by atoms with Crippen LogP contribution >= 0.6 is 0 Å². The predicted molar refractivity (Wildman–Crippen MR) is 64.4 cm³/mol. The molecule has 0 bridgehead atoms. The Morgan fingerprint density at radius 2 is 2.12 bits per heavy atom. The fourth-order valence-corrected chi connectivity index (χ4v) is 2.13. The number of rotatable bonds is 2. The molecule has 1 aliphatic rings. The molecule has 0 saturated carbocycles. The smallest absolute Gasteiger partial charge is 0.128 e. The van der Waals surface area contributed by atoms with Gasteiger partial charge in [-0.2, -0.15) is 0 Å². The van der Waals surface area contributed by atoms with Crippen LogP contribution in [-0.4, -0.2) is 30.3 Å². The van der Waals surface area contributed by atoms with Crippen molar-refractivity contribution in [1.29, 1.82) is 0 Å². The first-order valence-corrected chi connectivity index (χ1v) is 5.74. The van der Waals surface area contributed by atoms with Gasteiger partial charge in [0.05, 0.1) is 12.2 Å². The van der Waals surface area contributed by atoms with Crippen molar-refractivity contribution in [1.82, 2.24) is 4.98 Å². The molecule has 0 unspecified atom stereocenters. The average molecular weight is 221 g/mol. The maximum atomic E-state index is 5.70. The molecule has 0 aliphatic carbocycles. The molecule has 0 aromatic carbocycles. The third kappa shape index (κ3) is 2.51. The minimum Gasteiger partial charge on any atom is -0.372 e. The summed E-state index contributed by atoms with van der Waals surface area (Å²) in [4.78, 5) is 6.66. The first-order valence-electron chi connectivity index (χ1n) is 5.74. The van der Waals surface area contributed by atoms with Crippen molar-refractivity contribution >= 4 is 5.82 Å². The topological polar surface area (TPSA) is 51.4 Å². The second-order valence-electron chi connectivity index (χ2n) is 4.39. The van der Waals surface area contributed by atoms with Gasteiger partial charge < -0.3 is 15.4 Å². The summed E-state index contributed by atoms with van der Waals surface area (Å²) in [6.07, 6.45) is 2.33. The number of pyridine rings is 1. The Bertz CT molecular complexity index is 346. The highest BCUT2D eigenvalue weighted by molar-refractivity contribution is 5.41. The quantitative estimate of drug-likeness (QED) is 0.814. The zero-order valence-electron chi connectivity index (χ0n) is 9.89. The lowest BCUT2D eigenvalue weighted by Gasteiger charge is -2.36. The number of anilines is 1. The molecule has 0 spiro atoms. The van der Waals surface area contributed by atoms with E-state index >= 15 is 0 Å². The van der Waals surface area contributed by atoms with E-state index in [9.17, 15) is 0 Å². The molecular weight excluding hydrogens is 202 g/mol. The normalized spacial score (nSPS) is 25.8. The highest BCUT2D eigenvalue weighted by Gasteiger charge is 2.22. The molecule has 1 aliphatic heterocycles. The predicted octanol–water partition coefficient (Wildman–Crippen LogP) is 1.15. The number of nitrogens with two attached hydrogens (primary N) is 1. The molecule has 4 heteroatoms. The molecule has 1 aromatic rings. The average Bonchev–Trinajstić information content (AvgIpc) is 2.28. The maximum Gasteiger partial charge on any atom is 0.128 e. The summed E-state index contributed by atoms with van der Waals surface area (Å²) in [6.45, 7) is 6.53. The van der Waals surface area contributed by atoms with Crippen LogP contribution in [-0.2, 0) is 11.3 Å². The number of morpholine rings is 1. The molecule has 2 N–H and O–H groups in total. The summed E-state index contributed by atoms with van der Waals surface area (Å²) in [6, 6.07) is 4.02. The molecule has 4 nitrogen and oxygen atoms in total. The molecular formula is C12H19N3O. The third-order valence-electron chi connectivity index (χ3n) is 2.79. The van der Waals surface area contributed by atoms with Crippen LogP contribution in [0.25, 0.3) is 0 Å². The van der Waals surface area contributed by atoms with Crippen LogP contribution in [0, 0.1) is 0 Å². The molecule has 1 saturated heterocycles. The number of hydrogen-bond acceptors (Lipinski definition) is 4. The van der Waals surface area contributed by atoms with Crippen molar-refractivity contribution in [3.05, 3.63) is 23.9 Å².